The van der Waals surface area contributed by atoms with Gasteiger partial charge in [-0.05, 0) is 49.2 Å². The number of hydrogen-bond donors (Lipinski definition) is 0. The van der Waals surface area contributed by atoms with Gasteiger partial charge in [0.1, 0.15) is 0 Å². The smallest absolute Gasteiger partial charge is 0.237 e. The third-order valence-corrected chi connectivity index (χ3v) is 4.78. The highest BCUT2D eigenvalue weighted by Crippen LogP contribution is 2.30. The molecule has 4 heteroatoms. The minimum absolute atomic E-state index is 0.0622. The summed E-state index contributed by atoms with van der Waals surface area (Å²) in [7, 11) is 0. The first kappa shape index (κ1) is 14.9. The molecule has 112 valence electrons. The van der Waals surface area contributed by atoms with Crippen LogP contribution in [-0.4, -0.2) is 24.0 Å². The number of carbonyl (C=O) groups is 2. The topological polar surface area (TPSA) is 37.4 Å². The second-order valence-corrected chi connectivity index (χ2v) is 6.35. The summed E-state index contributed by atoms with van der Waals surface area (Å²) in [5.74, 6) is 0.605. The van der Waals surface area contributed by atoms with Gasteiger partial charge >= 0.3 is 0 Å². The van der Waals surface area contributed by atoms with Crippen molar-refractivity contribution >= 4 is 29.1 Å². The number of amides is 1. The van der Waals surface area contributed by atoms with Crippen LogP contribution in [-0.2, 0) is 11.2 Å². The maximum absolute atomic E-state index is 12.4. The average Bonchev–Trinajstić information content (AvgIpc) is 2.96. The molecule has 1 aliphatic heterocycles. The third kappa shape index (κ3) is 3.07. The molecule has 0 atom stereocenters. The number of thioether (sulfide) groups is 1. The highest BCUT2D eigenvalue weighted by atomic mass is 32.2. The van der Waals surface area contributed by atoms with Gasteiger partial charge < -0.3 is 4.90 Å². The molecule has 0 aliphatic carbocycles. The number of hydrogen-bond acceptors (Lipinski definition) is 3. The molecule has 2 aromatic carbocycles. The molecule has 0 radical (unpaired) electrons. The summed E-state index contributed by atoms with van der Waals surface area (Å²) in [4.78, 5) is 26.8. The van der Waals surface area contributed by atoms with Gasteiger partial charge in [-0.15, -0.1) is 11.8 Å². The van der Waals surface area contributed by atoms with Crippen LogP contribution in [0.15, 0.2) is 53.4 Å². The SMILES string of the molecule is CC(=O)c1ccc2c(c1)CCN2C(=O)CSc1ccccc1. The number of nitrogens with zero attached hydrogens (tertiary/aromatic N) is 1. The van der Waals surface area contributed by atoms with E-state index in [0.29, 0.717) is 17.9 Å². The van der Waals surface area contributed by atoms with Crippen molar-refractivity contribution in [1.29, 1.82) is 0 Å². The van der Waals surface area contributed by atoms with Crippen LogP contribution in [0.1, 0.15) is 22.8 Å². The Hall–Kier alpha value is -2.07. The first-order chi connectivity index (χ1) is 10.6. The first-order valence-electron chi connectivity index (χ1n) is 7.27. The molecule has 0 N–H and O–H groups in total. The number of rotatable bonds is 4. The lowest BCUT2D eigenvalue weighted by molar-refractivity contribution is -0.116. The predicted molar refractivity (Wildman–Crippen MR) is 89.7 cm³/mol. The van der Waals surface area contributed by atoms with E-state index in [1.54, 1.807) is 24.8 Å². The minimum Gasteiger partial charge on any atom is -0.311 e. The van der Waals surface area contributed by atoms with E-state index in [-0.39, 0.29) is 11.7 Å². The maximum Gasteiger partial charge on any atom is 0.237 e. The molecule has 1 amide bonds. The molecule has 2 aromatic rings. The maximum atomic E-state index is 12.4. The number of Topliss-reactive ketones (excluding diaryl/α,β-unsaturated/α-hetero) is 1. The van der Waals surface area contributed by atoms with Gasteiger partial charge in [0.25, 0.3) is 0 Å². The van der Waals surface area contributed by atoms with Gasteiger partial charge in [0.05, 0.1) is 5.75 Å². The Morgan fingerprint density at radius 1 is 1.14 bits per heavy atom. The highest BCUT2D eigenvalue weighted by molar-refractivity contribution is 8.00. The molecule has 0 spiro atoms. The van der Waals surface area contributed by atoms with Crippen molar-refractivity contribution in [2.45, 2.75) is 18.2 Å². The van der Waals surface area contributed by atoms with Crippen LogP contribution in [0.2, 0.25) is 0 Å². The van der Waals surface area contributed by atoms with Crippen LogP contribution < -0.4 is 4.90 Å². The lowest BCUT2D eigenvalue weighted by Gasteiger charge is -2.17. The zero-order valence-electron chi connectivity index (χ0n) is 12.4. The van der Waals surface area contributed by atoms with E-state index < -0.39 is 0 Å². The predicted octanol–water partition coefficient (Wildman–Crippen LogP) is 3.57. The molecule has 0 fully saturated rings. The normalized spacial score (nSPS) is 13.0. The first-order valence-corrected chi connectivity index (χ1v) is 8.26. The van der Waals surface area contributed by atoms with Gasteiger partial charge in [0.2, 0.25) is 5.91 Å². The summed E-state index contributed by atoms with van der Waals surface area (Å²) >= 11 is 1.55. The zero-order chi connectivity index (χ0) is 15.5. The van der Waals surface area contributed by atoms with Gasteiger partial charge in [0, 0.05) is 22.7 Å². The van der Waals surface area contributed by atoms with E-state index in [9.17, 15) is 9.59 Å². The van der Waals surface area contributed by atoms with Gasteiger partial charge in [0.15, 0.2) is 5.78 Å². The van der Waals surface area contributed by atoms with Crippen LogP contribution in [0, 0.1) is 0 Å². The summed E-state index contributed by atoms with van der Waals surface area (Å²) in [6.07, 6.45) is 0.818. The molecule has 1 aliphatic rings. The van der Waals surface area contributed by atoms with E-state index in [0.717, 1.165) is 22.6 Å². The fraction of sp³-hybridized carbons (Fsp3) is 0.222. The van der Waals surface area contributed by atoms with Crippen molar-refractivity contribution in [3.8, 4) is 0 Å². The van der Waals surface area contributed by atoms with Crippen molar-refractivity contribution in [1.82, 2.24) is 0 Å². The van der Waals surface area contributed by atoms with Crippen molar-refractivity contribution < 1.29 is 9.59 Å². The molecule has 0 saturated carbocycles. The third-order valence-electron chi connectivity index (χ3n) is 3.79. The number of ketones is 1. The standard InChI is InChI=1S/C18H17NO2S/c1-13(20)14-7-8-17-15(11-14)9-10-19(17)18(21)12-22-16-5-3-2-4-6-16/h2-8,11H,9-10,12H2,1H3. The second kappa shape index (κ2) is 6.36. The van der Waals surface area contributed by atoms with Gasteiger partial charge in [-0.1, -0.05) is 18.2 Å². The highest BCUT2D eigenvalue weighted by Gasteiger charge is 2.25. The Morgan fingerprint density at radius 3 is 2.64 bits per heavy atom. The lowest BCUT2D eigenvalue weighted by Crippen LogP contribution is -2.30. The van der Waals surface area contributed by atoms with Crippen molar-refractivity contribution in [2.75, 3.05) is 17.2 Å². The molecular weight excluding hydrogens is 294 g/mol. The van der Waals surface area contributed by atoms with Crippen molar-refractivity contribution in [2.24, 2.45) is 0 Å². The van der Waals surface area contributed by atoms with Crippen LogP contribution >= 0.6 is 11.8 Å². The molecule has 0 unspecified atom stereocenters. The fourth-order valence-corrected chi connectivity index (χ4v) is 3.42. The number of carbonyl (C=O) groups excluding carboxylic acids is 2. The molecule has 22 heavy (non-hydrogen) atoms. The quantitative estimate of drug-likeness (QED) is 0.640. The minimum atomic E-state index is 0.0622. The molecule has 0 bridgehead atoms. The fourth-order valence-electron chi connectivity index (χ4n) is 2.62. The Bertz CT molecular complexity index is 712. The summed E-state index contributed by atoms with van der Waals surface area (Å²) in [5, 5.41) is 0. The van der Waals surface area contributed by atoms with E-state index in [4.69, 9.17) is 0 Å². The van der Waals surface area contributed by atoms with Crippen molar-refractivity contribution in [3.05, 3.63) is 59.7 Å². The van der Waals surface area contributed by atoms with Gasteiger partial charge in [-0.2, -0.15) is 0 Å². The molecule has 0 aromatic heterocycles. The van der Waals surface area contributed by atoms with Crippen molar-refractivity contribution in [3.63, 3.8) is 0 Å². The van der Waals surface area contributed by atoms with Crippen LogP contribution in [0.3, 0.4) is 0 Å². The molecule has 3 rings (SSSR count). The van der Waals surface area contributed by atoms with E-state index in [2.05, 4.69) is 0 Å². The summed E-state index contributed by atoms with van der Waals surface area (Å²) in [5.41, 5.74) is 2.75. The van der Waals surface area contributed by atoms with Gasteiger partial charge in [-0.3, -0.25) is 9.59 Å². The zero-order valence-corrected chi connectivity index (χ0v) is 13.2. The number of fused-ring (bicyclic) bond motifs is 1. The lowest BCUT2D eigenvalue weighted by atomic mass is 10.1. The largest absolute Gasteiger partial charge is 0.311 e. The monoisotopic (exact) mass is 311 g/mol. The van der Waals surface area contributed by atoms with E-state index >= 15 is 0 Å². The summed E-state index contributed by atoms with van der Waals surface area (Å²) in [6, 6.07) is 15.5. The molecule has 3 nitrogen and oxygen atoms in total. The average molecular weight is 311 g/mol. The Morgan fingerprint density at radius 2 is 1.91 bits per heavy atom. The number of anilines is 1. The summed E-state index contributed by atoms with van der Waals surface area (Å²) in [6.45, 7) is 2.26. The van der Waals surface area contributed by atoms with E-state index in [1.807, 2.05) is 47.4 Å². The van der Waals surface area contributed by atoms with Gasteiger partial charge in [-0.25, -0.2) is 0 Å². The second-order valence-electron chi connectivity index (χ2n) is 5.30. The van der Waals surface area contributed by atoms with Crippen LogP contribution in [0.25, 0.3) is 0 Å². The molecular formula is C18H17NO2S. The molecule has 0 saturated heterocycles. The van der Waals surface area contributed by atoms with Crippen LogP contribution in [0.4, 0.5) is 5.69 Å². The summed E-state index contributed by atoms with van der Waals surface area (Å²) < 4.78 is 0. The van der Waals surface area contributed by atoms with Crippen LogP contribution in [0.5, 0.6) is 0 Å². The Balaban J connectivity index is 1.70. The van der Waals surface area contributed by atoms with E-state index in [1.165, 1.54) is 0 Å². The Kier molecular flexibility index (Phi) is 4.29. The number of benzene rings is 2. The molecule has 1 heterocycles. The Labute approximate surface area is 134 Å².